The van der Waals surface area contributed by atoms with Crippen molar-refractivity contribution < 1.29 is 9.90 Å². The van der Waals surface area contributed by atoms with Crippen LogP contribution in [0.2, 0.25) is 0 Å². The lowest BCUT2D eigenvalue weighted by Crippen LogP contribution is -2.30. The molecule has 0 aliphatic rings. The van der Waals surface area contributed by atoms with Crippen LogP contribution in [0.4, 0.5) is 0 Å². The maximum absolute atomic E-state index is 12.3. The summed E-state index contributed by atoms with van der Waals surface area (Å²) < 4.78 is 0. The number of benzene rings is 1. The van der Waals surface area contributed by atoms with Gasteiger partial charge in [0.25, 0.3) is 5.91 Å². The summed E-state index contributed by atoms with van der Waals surface area (Å²) in [7, 11) is 0. The highest BCUT2D eigenvalue weighted by Crippen LogP contribution is 2.14. The van der Waals surface area contributed by atoms with Crippen LogP contribution in [0, 0.1) is 5.92 Å². The third-order valence-electron chi connectivity index (χ3n) is 3.53. The van der Waals surface area contributed by atoms with Crippen LogP contribution < -0.4 is 5.32 Å². The Morgan fingerprint density at radius 1 is 1.29 bits per heavy atom. The first-order valence-corrected chi connectivity index (χ1v) is 7.35. The predicted octanol–water partition coefficient (Wildman–Crippen LogP) is 2.16. The molecule has 2 N–H and O–H groups in total. The number of hydrogen-bond acceptors (Lipinski definition) is 4. The summed E-state index contributed by atoms with van der Waals surface area (Å²) in [5.74, 6) is 0.171. The predicted molar refractivity (Wildman–Crippen MR) is 82.0 cm³/mol. The molecule has 0 bridgehead atoms. The third kappa shape index (κ3) is 3.98. The van der Waals surface area contributed by atoms with Gasteiger partial charge in [0.2, 0.25) is 0 Å². The minimum Gasteiger partial charge on any atom is -0.396 e. The van der Waals surface area contributed by atoms with Gasteiger partial charge in [-0.15, -0.1) is 0 Å². The van der Waals surface area contributed by atoms with E-state index in [9.17, 15) is 4.79 Å². The number of amides is 1. The molecule has 1 atom stereocenters. The van der Waals surface area contributed by atoms with Crippen LogP contribution in [-0.2, 0) is 0 Å². The van der Waals surface area contributed by atoms with Gasteiger partial charge in [0.15, 0.2) is 0 Å². The fourth-order valence-electron chi connectivity index (χ4n) is 2.45. The standard InChI is InChI=1S/C16H21N3O2/c1-2-4-12(7-10-20)11-19-16(21)13-5-3-6-14-15(13)18-9-8-17-14/h3,5-6,8-9,12,20H,2,4,7,10-11H2,1H3,(H,19,21). The van der Waals surface area contributed by atoms with E-state index in [1.54, 1.807) is 18.5 Å². The molecule has 0 radical (unpaired) electrons. The maximum atomic E-state index is 12.3. The number of aliphatic hydroxyl groups excluding tert-OH is 1. The Morgan fingerprint density at radius 2 is 2.10 bits per heavy atom. The number of carbonyl (C=O) groups is 1. The summed E-state index contributed by atoms with van der Waals surface area (Å²) in [5.41, 5.74) is 1.87. The molecule has 5 nitrogen and oxygen atoms in total. The number of rotatable bonds is 7. The van der Waals surface area contributed by atoms with Gasteiger partial charge in [-0.3, -0.25) is 14.8 Å². The normalized spacial score (nSPS) is 12.3. The van der Waals surface area contributed by atoms with Crippen molar-refractivity contribution in [2.45, 2.75) is 26.2 Å². The van der Waals surface area contributed by atoms with Crippen LogP contribution in [0.1, 0.15) is 36.5 Å². The highest BCUT2D eigenvalue weighted by Gasteiger charge is 2.13. The summed E-state index contributed by atoms with van der Waals surface area (Å²) in [6.07, 6.45) is 5.95. The molecular weight excluding hydrogens is 266 g/mol. The van der Waals surface area contributed by atoms with Crippen molar-refractivity contribution in [3.05, 3.63) is 36.2 Å². The third-order valence-corrected chi connectivity index (χ3v) is 3.53. The SMILES string of the molecule is CCCC(CCO)CNC(=O)c1cccc2nccnc12. The number of fused-ring (bicyclic) bond motifs is 1. The van der Waals surface area contributed by atoms with Gasteiger partial charge in [-0.25, -0.2) is 0 Å². The molecule has 112 valence electrons. The van der Waals surface area contributed by atoms with E-state index < -0.39 is 0 Å². The Balaban J connectivity index is 2.08. The Labute approximate surface area is 124 Å². The van der Waals surface area contributed by atoms with Gasteiger partial charge in [-0.1, -0.05) is 19.4 Å². The second-order valence-electron chi connectivity index (χ2n) is 5.11. The second-order valence-corrected chi connectivity index (χ2v) is 5.11. The molecule has 1 amide bonds. The van der Waals surface area contributed by atoms with Gasteiger partial charge in [-0.05, 0) is 30.9 Å². The van der Waals surface area contributed by atoms with Crippen molar-refractivity contribution >= 4 is 16.9 Å². The minimum atomic E-state index is -0.139. The van der Waals surface area contributed by atoms with E-state index in [4.69, 9.17) is 5.11 Å². The number of aromatic nitrogens is 2. The molecule has 1 aromatic heterocycles. The van der Waals surface area contributed by atoms with Crippen LogP contribution in [0.15, 0.2) is 30.6 Å². The van der Waals surface area contributed by atoms with E-state index in [2.05, 4.69) is 22.2 Å². The molecule has 0 aliphatic carbocycles. The molecule has 5 heteroatoms. The number of hydrogen-bond donors (Lipinski definition) is 2. The van der Waals surface area contributed by atoms with E-state index in [1.807, 2.05) is 12.1 Å². The van der Waals surface area contributed by atoms with Crippen LogP contribution in [-0.4, -0.2) is 34.1 Å². The zero-order valence-electron chi connectivity index (χ0n) is 12.2. The second kappa shape index (κ2) is 7.69. The molecule has 0 fully saturated rings. The van der Waals surface area contributed by atoms with Gasteiger partial charge in [0, 0.05) is 25.5 Å². The molecule has 1 heterocycles. The zero-order valence-corrected chi connectivity index (χ0v) is 12.2. The maximum Gasteiger partial charge on any atom is 0.253 e. The molecule has 0 spiro atoms. The summed E-state index contributed by atoms with van der Waals surface area (Å²) in [5, 5.41) is 12.0. The Hall–Kier alpha value is -2.01. The fraction of sp³-hybridized carbons (Fsp3) is 0.438. The fourth-order valence-corrected chi connectivity index (χ4v) is 2.45. The number of nitrogens with zero attached hydrogens (tertiary/aromatic N) is 2. The first-order chi connectivity index (χ1) is 10.3. The van der Waals surface area contributed by atoms with Crippen molar-refractivity contribution in [2.24, 2.45) is 5.92 Å². The number of aliphatic hydroxyl groups is 1. The summed E-state index contributed by atoms with van der Waals surface area (Å²) in [6.45, 7) is 2.83. The highest BCUT2D eigenvalue weighted by molar-refractivity contribution is 6.04. The van der Waals surface area contributed by atoms with Crippen LogP contribution in [0.3, 0.4) is 0 Å². The summed E-state index contributed by atoms with van der Waals surface area (Å²) in [6, 6.07) is 5.40. The number of para-hydroxylation sites is 1. The van der Waals surface area contributed by atoms with Crippen molar-refractivity contribution in [1.29, 1.82) is 0 Å². The van der Waals surface area contributed by atoms with E-state index in [0.717, 1.165) is 12.8 Å². The first kappa shape index (κ1) is 15.4. The van der Waals surface area contributed by atoms with Gasteiger partial charge in [0.05, 0.1) is 11.1 Å². The van der Waals surface area contributed by atoms with Gasteiger partial charge < -0.3 is 10.4 Å². The van der Waals surface area contributed by atoms with Crippen molar-refractivity contribution in [2.75, 3.05) is 13.2 Å². The monoisotopic (exact) mass is 287 g/mol. The van der Waals surface area contributed by atoms with Crippen LogP contribution >= 0.6 is 0 Å². The molecule has 2 rings (SSSR count). The molecule has 0 saturated carbocycles. The largest absolute Gasteiger partial charge is 0.396 e. The van der Waals surface area contributed by atoms with Crippen molar-refractivity contribution in [3.8, 4) is 0 Å². The molecule has 1 unspecified atom stereocenters. The van der Waals surface area contributed by atoms with Crippen molar-refractivity contribution in [3.63, 3.8) is 0 Å². The zero-order chi connectivity index (χ0) is 15.1. The Bertz CT molecular complexity index is 590. The first-order valence-electron chi connectivity index (χ1n) is 7.35. The van der Waals surface area contributed by atoms with Gasteiger partial charge in [-0.2, -0.15) is 0 Å². The molecule has 2 aromatic rings. The smallest absolute Gasteiger partial charge is 0.253 e. The van der Waals surface area contributed by atoms with E-state index in [1.165, 1.54) is 0 Å². The molecule has 1 aromatic carbocycles. The summed E-state index contributed by atoms with van der Waals surface area (Å²) in [4.78, 5) is 20.8. The van der Waals surface area contributed by atoms with E-state index in [-0.39, 0.29) is 12.5 Å². The van der Waals surface area contributed by atoms with Gasteiger partial charge >= 0.3 is 0 Å². The topological polar surface area (TPSA) is 75.1 Å². The van der Waals surface area contributed by atoms with Gasteiger partial charge in [0.1, 0.15) is 5.52 Å². The lowest BCUT2D eigenvalue weighted by Gasteiger charge is -2.16. The highest BCUT2D eigenvalue weighted by atomic mass is 16.3. The lowest BCUT2D eigenvalue weighted by atomic mass is 10.00. The Kier molecular flexibility index (Phi) is 5.63. The van der Waals surface area contributed by atoms with Crippen molar-refractivity contribution in [1.82, 2.24) is 15.3 Å². The quantitative estimate of drug-likeness (QED) is 0.818. The van der Waals surface area contributed by atoms with E-state index in [0.29, 0.717) is 35.5 Å². The van der Waals surface area contributed by atoms with E-state index >= 15 is 0 Å². The molecule has 0 aliphatic heterocycles. The average Bonchev–Trinajstić information content (AvgIpc) is 2.52. The lowest BCUT2D eigenvalue weighted by molar-refractivity contribution is 0.0944. The molecule has 21 heavy (non-hydrogen) atoms. The number of carbonyl (C=O) groups excluding carboxylic acids is 1. The minimum absolute atomic E-state index is 0.139. The number of nitrogens with one attached hydrogen (secondary N) is 1. The molecule has 0 saturated heterocycles. The Morgan fingerprint density at radius 3 is 2.86 bits per heavy atom. The van der Waals surface area contributed by atoms with Crippen LogP contribution in [0.25, 0.3) is 11.0 Å². The summed E-state index contributed by atoms with van der Waals surface area (Å²) >= 11 is 0. The average molecular weight is 287 g/mol. The van der Waals surface area contributed by atoms with Crippen LogP contribution in [0.5, 0.6) is 0 Å². The molecular formula is C16H21N3O2.